The number of aliphatic hydroxyl groups is 2. The Labute approximate surface area is 308 Å². The van der Waals surface area contributed by atoms with E-state index in [1.165, 1.54) is 11.3 Å². The Morgan fingerprint density at radius 2 is 1.81 bits per heavy atom. The van der Waals surface area contributed by atoms with E-state index in [2.05, 4.69) is 77.8 Å². The van der Waals surface area contributed by atoms with Gasteiger partial charge in [0.1, 0.15) is 6.04 Å². The summed E-state index contributed by atoms with van der Waals surface area (Å²) in [6.07, 6.45) is 12.1. The van der Waals surface area contributed by atoms with E-state index < -0.39 is 40.8 Å². The highest BCUT2D eigenvalue weighted by molar-refractivity contribution is 6.18. The van der Waals surface area contributed by atoms with E-state index in [0.29, 0.717) is 29.9 Å². The molecule has 2 aromatic rings. The number of aromatic nitrogens is 1. The maximum atomic E-state index is 14.9. The zero-order valence-electron chi connectivity index (χ0n) is 32.5. The number of allylic oxidation sites excluding steroid dienone is 3. The third-order valence-electron chi connectivity index (χ3n) is 15.2. The van der Waals surface area contributed by atoms with Crippen LogP contribution in [0.3, 0.4) is 0 Å². The van der Waals surface area contributed by atoms with E-state index in [9.17, 15) is 24.9 Å². The number of hydrogen-bond donors (Lipinski definition) is 3. The molecule has 2 fully saturated rings. The number of ketones is 1. The number of benzene rings is 1. The molecule has 278 valence electrons. The van der Waals surface area contributed by atoms with E-state index in [1.807, 2.05) is 19.9 Å². The van der Waals surface area contributed by atoms with Crippen LogP contribution in [0.4, 0.5) is 0 Å². The summed E-state index contributed by atoms with van der Waals surface area (Å²) in [5, 5.41) is 34.8. The van der Waals surface area contributed by atoms with Crippen molar-refractivity contribution in [1.82, 2.24) is 4.57 Å². The van der Waals surface area contributed by atoms with Gasteiger partial charge in [-0.15, -0.1) is 0 Å². The summed E-state index contributed by atoms with van der Waals surface area (Å²) < 4.78 is 8.88. The molecule has 3 heterocycles. The monoisotopic (exact) mass is 707 g/mol. The van der Waals surface area contributed by atoms with Gasteiger partial charge in [-0.3, -0.25) is 4.79 Å². The number of carboxylic acid groups (broad SMARTS) is 1. The van der Waals surface area contributed by atoms with Crippen LogP contribution in [0.15, 0.2) is 48.1 Å². The molecule has 2 aliphatic heterocycles. The normalized spacial score (nSPS) is 38.2. The van der Waals surface area contributed by atoms with Crippen LogP contribution in [0.5, 0.6) is 0 Å². The van der Waals surface area contributed by atoms with Crippen LogP contribution in [0.25, 0.3) is 16.5 Å². The number of carbonyl (C=O) groups excluding carboxylic acids is 1. The Kier molecular flexibility index (Phi) is 7.66. The highest BCUT2D eigenvalue weighted by Crippen LogP contribution is 2.71. The molecule has 4 aliphatic carbocycles. The highest BCUT2D eigenvalue weighted by Gasteiger charge is 2.67. The minimum absolute atomic E-state index is 0.0212. The minimum atomic E-state index is -0.897. The summed E-state index contributed by atoms with van der Waals surface area (Å²) in [5.41, 5.74) is 5.94. The van der Waals surface area contributed by atoms with Gasteiger partial charge < -0.3 is 24.6 Å². The van der Waals surface area contributed by atoms with Crippen molar-refractivity contribution in [3.05, 3.63) is 76.0 Å². The van der Waals surface area contributed by atoms with Crippen molar-refractivity contribution in [1.29, 1.82) is 0 Å². The lowest BCUT2D eigenvalue weighted by atomic mass is 9.40. The molecule has 3 N–H and O–H groups in total. The number of ether oxygens (including phenoxy) is 1. The third-order valence-corrected chi connectivity index (χ3v) is 15.2. The molecule has 1 aromatic heterocycles. The summed E-state index contributed by atoms with van der Waals surface area (Å²) in [5.74, 6) is -0.650. The van der Waals surface area contributed by atoms with Gasteiger partial charge in [-0.1, -0.05) is 64.5 Å². The Hall–Kier alpha value is -3.26. The molecule has 0 spiro atoms. The first kappa shape index (κ1) is 35.8. The van der Waals surface area contributed by atoms with Gasteiger partial charge in [0.15, 0.2) is 5.78 Å². The number of nitrogens with zero attached hydrogens (tertiary/aromatic N) is 1. The fraction of sp³-hybridized carbons (Fsp3) is 0.600. The average molecular weight is 708 g/mol. The number of hydrogen-bond acceptors (Lipinski definition) is 5. The molecule has 0 radical (unpaired) electrons. The second kappa shape index (κ2) is 11.1. The molecule has 7 heteroatoms. The second-order valence-corrected chi connectivity index (χ2v) is 18.9. The molecule has 0 saturated heterocycles. The van der Waals surface area contributed by atoms with Crippen molar-refractivity contribution < 1.29 is 29.6 Å². The molecular weight excluding hydrogens is 650 g/mol. The molecular formula is C45H57NO6. The molecule has 2 saturated carbocycles. The molecule has 52 heavy (non-hydrogen) atoms. The Morgan fingerprint density at radius 1 is 1.10 bits per heavy atom. The first-order valence-electron chi connectivity index (χ1n) is 19.6. The van der Waals surface area contributed by atoms with Crippen LogP contribution >= 0.6 is 0 Å². The molecule has 2 unspecified atom stereocenters. The summed E-state index contributed by atoms with van der Waals surface area (Å²) in [7, 11) is 0. The minimum Gasteiger partial charge on any atom is -0.478 e. The van der Waals surface area contributed by atoms with Crippen LogP contribution in [0, 0.1) is 28.6 Å². The van der Waals surface area contributed by atoms with Crippen LogP contribution in [0.2, 0.25) is 0 Å². The van der Waals surface area contributed by atoms with Gasteiger partial charge in [0.25, 0.3) is 0 Å². The number of fused-ring (bicyclic) bond motifs is 11. The van der Waals surface area contributed by atoms with Crippen molar-refractivity contribution in [3.63, 3.8) is 0 Å². The Balaban J connectivity index is 1.33. The van der Waals surface area contributed by atoms with Gasteiger partial charge in [-0.25, -0.2) is 4.79 Å². The van der Waals surface area contributed by atoms with Gasteiger partial charge in [-0.2, -0.15) is 0 Å². The molecule has 6 aliphatic rings. The maximum absolute atomic E-state index is 14.9. The van der Waals surface area contributed by atoms with Gasteiger partial charge in [0.05, 0.1) is 34.5 Å². The summed E-state index contributed by atoms with van der Waals surface area (Å²) in [4.78, 5) is 26.8. The van der Waals surface area contributed by atoms with E-state index in [1.54, 1.807) is 6.08 Å². The van der Waals surface area contributed by atoms with Crippen molar-refractivity contribution in [2.24, 2.45) is 28.6 Å². The first-order valence-corrected chi connectivity index (χ1v) is 19.6. The number of Topliss-reactive ketones (excluding diaryl/α,β-unsaturated/α-hetero) is 1. The summed E-state index contributed by atoms with van der Waals surface area (Å²) in [6, 6.07) is 1.75. The smallest absolute Gasteiger partial charge is 0.331 e. The first-order chi connectivity index (χ1) is 24.2. The lowest BCUT2D eigenvalue weighted by molar-refractivity contribution is -0.144. The van der Waals surface area contributed by atoms with E-state index >= 15 is 0 Å². The summed E-state index contributed by atoms with van der Waals surface area (Å²) >= 11 is 0. The molecule has 8 rings (SSSR count). The maximum Gasteiger partial charge on any atom is 0.331 e. The zero-order valence-corrected chi connectivity index (χ0v) is 32.5. The Bertz CT molecular complexity index is 2060. The quantitative estimate of drug-likeness (QED) is 0.157. The standard InChI is InChI=1S/C45H57NO6/c1-11-13-24(40(50)51)14-12-18-43(8)30-16-15-25-20-28-27-21-26-29-22-41(4,5)52-42(6,7)34(29)37(48)32(26)33-36(27)46(35(23(2)3)38(33)49)39(28)45(25,10)44(30,9)19-17-31(43)47/h12,14,18,21-22,25,30-31,34-35,37,47-48H,2,11,13,15-17,19-20H2,1,3-10H3,(H,50,51)/b18-12+,24-14+/t25?,30-,31-,34?,35-,37+,43-,44-,45+/m0/s1. The van der Waals surface area contributed by atoms with Crippen LogP contribution in [0.1, 0.15) is 146 Å². The van der Waals surface area contributed by atoms with Crippen molar-refractivity contribution in [2.45, 2.75) is 142 Å². The number of aliphatic hydroxyl groups excluding tert-OH is 2. The number of aliphatic carboxylic acids is 1. The summed E-state index contributed by atoms with van der Waals surface area (Å²) in [6.45, 7) is 23.6. The average Bonchev–Trinajstić information content (AvgIpc) is 3.71. The zero-order chi connectivity index (χ0) is 37.7. The highest BCUT2D eigenvalue weighted by atomic mass is 16.5. The van der Waals surface area contributed by atoms with Crippen LogP contribution < -0.4 is 0 Å². The molecule has 0 bridgehead atoms. The fourth-order valence-electron chi connectivity index (χ4n) is 13.0. The Morgan fingerprint density at radius 3 is 2.46 bits per heavy atom. The van der Waals surface area contributed by atoms with Crippen molar-refractivity contribution in [2.75, 3.05) is 0 Å². The van der Waals surface area contributed by atoms with E-state index in [4.69, 9.17) is 4.74 Å². The van der Waals surface area contributed by atoms with Crippen molar-refractivity contribution in [3.8, 4) is 0 Å². The van der Waals surface area contributed by atoms with Gasteiger partial charge in [-0.05, 0) is 119 Å². The predicted molar refractivity (Wildman–Crippen MR) is 204 cm³/mol. The number of carbonyl (C=O) groups is 2. The van der Waals surface area contributed by atoms with E-state index in [0.717, 1.165) is 65.3 Å². The largest absolute Gasteiger partial charge is 0.478 e. The van der Waals surface area contributed by atoms with Crippen LogP contribution in [-0.4, -0.2) is 48.9 Å². The number of carboxylic acids is 1. The van der Waals surface area contributed by atoms with Gasteiger partial charge in [0.2, 0.25) is 0 Å². The molecule has 0 amide bonds. The predicted octanol–water partition coefficient (Wildman–Crippen LogP) is 8.96. The molecule has 7 nitrogen and oxygen atoms in total. The van der Waals surface area contributed by atoms with Crippen molar-refractivity contribution >= 4 is 28.2 Å². The molecule has 9 atom stereocenters. The SMILES string of the molecule is C=C(C)[C@H]1C(=O)c2c3c(cc4c5c(n1c24)[C@@]1(C)C(CC[C@H]2[C@](C)(/C=C/C=C(\CCC)C(=O)O)[C@@H](O)CC[C@@]21C)C5)C1=CC(C)(C)OC(C)(C)C1[C@@H]3O. The fourth-order valence-corrected chi connectivity index (χ4v) is 13.0. The topological polar surface area (TPSA) is 109 Å². The third kappa shape index (κ3) is 4.36. The van der Waals surface area contributed by atoms with Gasteiger partial charge in [0, 0.05) is 39.0 Å². The lowest BCUT2D eigenvalue weighted by Gasteiger charge is -2.64. The number of rotatable bonds is 6. The molecule has 1 aromatic carbocycles. The van der Waals surface area contributed by atoms with Gasteiger partial charge >= 0.3 is 5.97 Å². The van der Waals surface area contributed by atoms with E-state index in [-0.39, 0.29) is 28.4 Å². The van der Waals surface area contributed by atoms with Crippen LogP contribution in [-0.2, 0) is 21.4 Å². The lowest BCUT2D eigenvalue weighted by Crippen LogP contribution is -2.62. The second-order valence-electron chi connectivity index (χ2n) is 18.9.